The second-order valence-corrected chi connectivity index (χ2v) is 4.48. The van der Waals surface area contributed by atoms with Crippen molar-refractivity contribution in [1.29, 1.82) is 5.26 Å². The number of anilines is 2. The number of para-hydroxylation sites is 2. The van der Waals surface area contributed by atoms with Gasteiger partial charge in [0.05, 0.1) is 17.2 Å². The third kappa shape index (κ3) is 2.04. The molecule has 0 spiro atoms. The van der Waals surface area contributed by atoms with Gasteiger partial charge in [-0.2, -0.15) is 10.4 Å². The smallest absolute Gasteiger partial charge is 0.172 e. The maximum Gasteiger partial charge on any atom is 0.172 e. The Hall–Kier alpha value is -2.65. The van der Waals surface area contributed by atoms with Crippen LogP contribution in [-0.4, -0.2) is 19.7 Å². The Balaban J connectivity index is 2.09. The highest BCUT2D eigenvalue weighted by Crippen LogP contribution is 2.25. The van der Waals surface area contributed by atoms with Crippen molar-refractivity contribution < 1.29 is 0 Å². The summed E-state index contributed by atoms with van der Waals surface area (Å²) in [5, 5.41) is 16.3. The number of hydrogen-bond acceptors (Lipinski definition) is 5. The average molecular weight is 285 g/mol. The molecule has 3 rings (SSSR count). The number of nitriles is 1. The van der Waals surface area contributed by atoms with Crippen LogP contribution in [0, 0.1) is 11.3 Å². The van der Waals surface area contributed by atoms with E-state index in [1.54, 1.807) is 11.7 Å². The molecule has 0 bridgehead atoms. The van der Waals surface area contributed by atoms with E-state index in [-0.39, 0.29) is 5.15 Å². The second-order valence-electron chi connectivity index (χ2n) is 4.12. The number of benzene rings is 1. The monoisotopic (exact) mass is 284 g/mol. The molecule has 3 aromatic rings. The third-order valence-electron chi connectivity index (χ3n) is 2.82. The summed E-state index contributed by atoms with van der Waals surface area (Å²) >= 11 is 6.12. The fourth-order valence-electron chi connectivity index (χ4n) is 1.84. The van der Waals surface area contributed by atoms with Crippen LogP contribution in [0.15, 0.2) is 30.5 Å². The Bertz CT molecular complexity index is 832. The van der Waals surface area contributed by atoms with Gasteiger partial charge in [-0.1, -0.05) is 23.7 Å². The predicted molar refractivity (Wildman–Crippen MR) is 75.8 cm³/mol. The van der Waals surface area contributed by atoms with Gasteiger partial charge in [-0.05, 0) is 12.1 Å². The van der Waals surface area contributed by atoms with E-state index in [0.717, 1.165) is 5.52 Å². The number of fused-ring (bicyclic) bond motifs is 1. The average Bonchev–Trinajstić information content (AvgIpc) is 2.80. The van der Waals surface area contributed by atoms with Gasteiger partial charge in [0.25, 0.3) is 0 Å². The number of aromatic nitrogens is 4. The Morgan fingerprint density at radius 3 is 2.65 bits per heavy atom. The first-order valence-corrected chi connectivity index (χ1v) is 6.18. The molecule has 7 heteroatoms. The van der Waals surface area contributed by atoms with E-state index in [1.807, 2.05) is 24.3 Å². The van der Waals surface area contributed by atoms with Crippen LogP contribution >= 0.6 is 11.6 Å². The molecule has 1 N–H and O–H groups in total. The van der Waals surface area contributed by atoms with Gasteiger partial charge in [0.15, 0.2) is 11.0 Å². The molecule has 0 aliphatic carbocycles. The first-order chi connectivity index (χ1) is 9.69. The topological polar surface area (TPSA) is 79.4 Å². The number of halogens is 1. The lowest BCUT2D eigenvalue weighted by molar-refractivity contribution is 0.776. The lowest BCUT2D eigenvalue weighted by Gasteiger charge is -2.08. The third-order valence-corrected chi connectivity index (χ3v) is 3.09. The van der Waals surface area contributed by atoms with Crippen molar-refractivity contribution in [2.75, 3.05) is 5.32 Å². The van der Waals surface area contributed by atoms with Crippen LogP contribution in [0.4, 0.5) is 11.6 Å². The summed E-state index contributed by atoms with van der Waals surface area (Å²) in [6.45, 7) is 0. The first kappa shape index (κ1) is 12.4. The molecular formula is C13H9ClN6. The van der Waals surface area contributed by atoms with E-state index in [1.165, 1.54) is 6.20 Å². The minimum absolute atomic E-state index is 0.244. The van der Waals surface area contributed by atoms with Crippen molar-refractivity contribution >= 4 is 34.3 Å². The van der Waals surface area contributed by atoms with Gasteiger partial charge >= 0.3 is 0 Å². The molecule has 0 aliphatic rings. The Kier molecular flexibility index (Phi) is 2.97. The number of aryl methyl sites for hydroxylation is 1. The predicted octanol–water partition coefficient (Wildman–Crippen LogP) is 2.63. The Morgan fingerprint density at radius 1 is 1.25 bits per heavy atom. The maximum absolute atomic E-state index is 9.04. The molecule has 0 saturated carbocycles. The SMILES string of the molecule is Cn1ncc(C#N)c1Nc1nc2ccccc2nc1Cl. The van der Waals surface area contributed by atoms with Gasteiger partial charge in [0, 0.05) is 7.05 Å². The molecule has 0 fully saturated rings. The lowest BCUT2D eigenvalue weighted by atomic mass is 10.3. The zero-order valence-corrected chi connectivity index (χ0v) is 11.3. The molecular weight excluding hydrogens is 276 g/mol. The summed E-state index contributed by atoms with van der Waals surface area (Å²) in [5.41, 5.74) is 1.85. The first-order valence-electron chi connectivity index (χ1n) is 5.80. The quantitative estimate of drug-likeness (QED) is 0.782. The lowest BCUT2D eigenvalue weighted by Crippen LogP contribution is -2.03. The van der Waals surface area contributed by atoms with Crippen LogP contribution in [-0.2, 0) is 7.05 Å². The highest BCUT2D eigenvalue weighted by atomic mass is 35.5. The zero-order valence-electron chi connectivity index (χ0n) is 10.5. The molecule has 20 heavy (non-hydrogen) atoms. The molecule has 0 amide bonds. The summed E-state index contributed by atoms with van der Waals surface area (Å²) in [6.07, 6.45) is 1.48. The summed E-state index contributed by atoms with van der Waals surface area (Å²) < 4.78 is 1.55. The van der Waals surface area contributed by atoms with Gasteiger partial charge < -0.3 is 5.32 Å². The highest BCUT2D eigenvalue weighted by Gasteiger charge is 2.12. The van der Waals surface area contributed by atoms with Crippen LogP contribution in [0.3, 0.4) is 0 Å². The van der Waals surface area contributed by atoms with E-state index in [4.69, 9.17) is 16.9 Å². The summed E-state index contributed by atoms with van der Waals surface area (Å²) in [6, 6.07) is 9.48. The largest absolute Gasteiger partial charge is 0.321 e. The molecule has 98 valence electrons. The fourth-order valence-corrected chi connectivity index (χ4v) is 2.02. The summed E-state index contributed by atoms with van der Waals surface area (Å²) in [4.78, 5) is 8.68. The zero-order chi connectivity index (χ0) is 14.1. The molecule has 0 saturated heterocycles. The van der Waals surface area contributed by atoms with Crippen LogP contribution < -0.4 is 5.32 Å². The van der Waals surface area contributed by atoms with E-state index >= 15 is 0 Å². The highest BCUT2D eigenvalue weighted by molar-refractivity contribution is 6.32. The van der Waals surface area contributed by atoms with Gasteiger partial charge in [-0.3, -0.25) is 4.68 Å². The van der Waals surface area contributed by atoms with Crippen molar-refractivity contribution in [3.8, 4) is 6.07 Å². The second kappa shape index (κ2) is 4.79. The van der Waals surface area contributed by atoms with Crippen molar-refractivity contribution in [2.24, 2.45) is 7.05 Å². The Labute approximate surface area is 119 Å². The van der Waals surface area contributed by atoms with Gasteiger partial charge in [0.1, 0.15) is 17.5 Å². The minimum atomic E-state index is 0.244. The van der Waals surface area contributed by atoms with Gasteiger partial charge in [0.2, 0.25) is 0 Å². The Morgan fingerprint density at radius 2 is 1.95 bits per heavy atom. The van der Waals surface area contributed by atoms with Crippen molar-refractivity contribution in [1.82, 2.24) is 19.7 Å². The van der Waals surface area contributed by atoms with Crippen LogP contribution in [0.25, 0.3) is 11.0 Å². The standard InChI is InChI=1S/C13H9ClN6/c1-20-13(8(6-15)7-16-20)19-12-11(14)17-9-4-2-3-5-10(9)18-12/h2-5,7H,1H3,(H,18,19). The van der Waals surface area contributed by atoms with E-state index < -0.39 is 0 Å². The van der Waals surface area contributed by atoms with Crippen LogP contribution in [0.1, 0.15) is 5.56 Å². The molecule has 2 heterocycles. The molecule has 0 radical (unpaired) electrons. The molecule has 1 aromatic carbocycles. The van der Waals surface area contributed by atoms with E-state index in [0.29, 0.717) is 22.7 Å². The van der Waals surface area contributed by atoms with Gasteiger partial charge in [-0.25, -0.2) is 9.97 Å². The maximum atomic E-state index is 9.04. The van der Waals surface area contributed by atoms with Crippen molar-refractivity contribution in [2.45, 2.75) is 0 Å². The fraction of sp³-hybridized carbons (Fsp3) is 0.0769. The number of hydrogen-bond donors (Lipinski definition) is 1. The molecule has 0 aliphatic heterocycles. The van der Waals surface area contributed by atoms with Crippen LogP contribution in [0.5, 0.6) is 0 Å². The van der Waals surface area contributed by atoms with Gasteiger partial charge in [-0.15, -0.1) is 0 Å². The molecule has 0 unspecified atom stereocenters. The number of nitrogens with one attached hydrogen (secondary N) is 1. The van der Waals surface area contributed by atoms with E-state index in [9.17, 15) is 0 Å². The normalized spacial score (nSPS) is 10.4. The summed E-state index contributed by atoms with van der Waals surface area (Å²) in [5.74, 6) is 0.921. The molecule has 2 aromatic heterocycles. The van der Waals surface area contributed by atoms with Crippen molar-refractivity contribution in [3.63, 3.8) is 0 Å². The molecule has 6 nitrogen and oxygen atoms in total. The summed E-state index contributed by atoms with van der Waals surface area (Å²) in [7, 11) is 1.73. The number of rotatable bonds is 2. The molecule has 0 atom stereocenters. The number of nitrogens with zero attached hydrogens (tertiary/aromatic N) is 5. The minimum Gasteiger partial charge on any atom is -0.321 e. The van der Waals surface area contributed by atoms with E-state index in [2.05, 4.69) is 26.5 Å². The van der Waals surface area contributed by atoms with Crippen molar-refractivity contribution in [3.05, 3.63) is 41.2 Å². The van der Waals surface area contributed by atoms with Crippen LogP contribution in [0.2, 0.25) is 5.15 Å².